The fourth-order valence-corrected chi connectivity index (χ4v) is 5.95. The highest BCUT2D eigenvalue weighted by Crippen LogP contribution is 2.27. The third-order valence-corrected chi connectivity index (χ3v) is 8.72. The number of carbonyl (C=O) groups excluding carboxylic acids is 2. The van der Waals surface area contributed by atoms with Crippen LogP contribution in [-0.4, -0.2) is 50.9 Å². The zero-order valence-corrected chi connectivity index (χ0v) is 25.5. The number of hydrogen-bond acceptors (Lipinski definition) is 5. The number of benzene rings is 3. The highest BCUT2D eigenvalue weighted by Gasteiger charge is 2.33. The van der Waals surface area contributed by atoms with Crippen molar-refractivity contribution in [2.45, 2.75) is 64.4 Å². The Bertz CT molecular complexity index is 1430. The van der Waals surface area contributed by atoms with Gasteiger partial charge >= 0.3 is 0 Å². The second-order valence-corrected chi connectivity index (χ2v) is 11.8. The smallest absolute Gasteiger partial charge is 0.264 e. The minimum atomic E-state index is -4.30. The Morgan fingerprint density at radius 1 is 0.952 bits per heavy atom. The minimum Gasteiger partial charge on any atom is -0.494 e. The Hall–Kier alpha value is -3.92. The molecule has 0 saturated heterocycles. The molecular formula is C32H40FN3O5S. The van der Waals surface area contributed by atoms with Crippen LogP contribution < -0.4 is 14.4 Å². The van der Waals surface area contributed by atoms with Gasteiger partial charge in [-0.05, 0) is 86.3 Å². The van der Waals surface area contributed by atoms with Crippen molar-refractivity contribution in [2.24, 2.45) is 0 Å². The molecule has 3 aromatic carbocycles. The number of aryl methyl sites for hydroxylation is 1. The van der Waals surface area contributed by atoms with Crippen LogP contribution in [0.5, 0.6) is 5.75 Å². The van der Waals surface area contributed by atoms with Crippen molar-refractivity contribution in [3.8, 4) is 5.75 Å². The van der Waals surface area contributed by atoms with Crippen molar-refractivity contribution >= 4 is 27.5 Å². The van der Waals surface area contributed by atoms with Gasteiger partial charge in [0.05, 0.1) is 17.2 Å². The van der Waals surface area contributed by atoms with Gasteiger partial charge in [0.1, 0.15) is 24.2 Å². The number of sulfonamides is 1. The summed E-state index contributed by atoms with van der Waals surface area (Å²) in [6.07, 6.45) is 2.04. The zero-order valence-electron chi connectivity index (χ0n) is 24.7. The second-order valence-electron chi connectivity index (χ2n) is 9.91. The van der Waals surface area contributed by atoms with Crippen LogP contribution >= 0.6 is 0 Å². The molecule has 42 heavy (non-hydrogen) atoms. The monoisotopic (exact) mass is 597 g/mol. The molecule has 0 heterocycles. The number of ether oxygens (including phenoxy) is 1. The maximum absolute atomic E-state index is 14.1. The molecule has 1 atom stereocenters. The molecule has 0 aliphatic rings. The Labute approximate surface area is 248 Å². The van der Waals surface area contributed by atoms with E-state index in [2.05, 4.69) is 5.32 Å². The van der Waals surface area contributed by atoms with Gasteiger partial charge in [-0.1, -0.05) is 44.5 Å². The summed E-state index contributed by atoms with van der Waals surface area (Å²) in [5.74, 6) is -0.873. The quantitative estimate of drug-likeness (QED) is 0.235. The van der Waals surface area contributed by atoms with Gasteiger partial charge < -0.3 is 15.0 Å². The number of nitrogens with zero attached hydrogens (tertiary/aromatic N) is 2. The summed E-state index contributed by atoms with van der Waals surface area (Å²) in [7, 11) is -4.30. The average Bonchev–Trinajstić information content (AvgIpc) is 2.97. The van der Waals surface area contributed by atoms with Gasteiger partial charge in [0.2, 0.25) is 11.8 Å². The molecule has 226 valence electrons. The topological polar surface area (TPSA) is 96.0 Å². The van der Waals surface area contributed by atoms with Crippen LogP contribution in [0.15, 0.2) is 77.7 Å². The number of unbranched alkanes of at least 4 members (excludes halogenated alkanes) is 1. The highest BCUT2D eigenvalue weighted by molar-refractivity contribution is 7.92. The molecule has 0 aliphatic carbocycles. The third kappa shape index (κ3) is 8.31. The summed E-state index contributed by atoms with van der Waals surface area (Å²) in [5, 5.41) is 2.92. The minimum absolute atomic E-state index is 0.124. The van der Waals surface area contributed by atoms with Crippen LogP contribution in [0.1, 0.15) is 51.2 Å². The lowest BCUT2D eigenvalue weighted by atomic mass is 10.1. The van der Waals surface area contributed by atoms with Gasteiger partial charge in [-0.2, -0.15) is 0 Å². The molecule has 2 amide bonds. The Morgan fingerprint density at radius 3 is 2.21 bits per heavy atom. The van der Waals surface area contributed by atoms with E-state index in [1.807, 2.05) is 52.0 Å². The first-order valence-corrected chi connectivity index (χ1v) is 15.7. The third-order valence-electron chi connectivity index (χ3n) is 6.93. The summed E-state index contributed by atoms with van der Waals surface area (Å²) < 4.78 is 48.0. The van der Waals surface area contributed by atoms with Crippen molar-refractivity contribution in [3.63, 3.8) is 0 Å². The molecule has 3 aromatic rings. The molecular weight excluding hydrogens is 557 g/mol. The largest absolute Gasteiger partial charge is 0.494 e. The van der Waals surface area contributed by atoms with Crippen molar-refractivity contribution in [3.05, 3.63) is 89.7 Å². The van der Waals surface area contributed by atoms with E-state index in [1.165, 1.54) is 4.90 Å². The zero-order chi connectivity index (χ0) is 30.7. The molecule has 0 spiro atoms. The van der Waals surface area contributed by atoms with Crippen molar-refractivity contribution in [1.82, 2.24) is 10.2 Å². The highest BCUT2D eigenvalue weighted by atomic mass is 32.2. The molecule has 3 rings (SSSR count). The first-order chi connectivity index (χ1) is 20.1. The van der Waals surface area contributed by atoms with Gasteiger partial charge in [-0.15, -0.1) is 0 Å². The lowest BCUT2D eigenvalue weighted by Gasteiger charge is -2.33. The Kier molecular flexibility index (Phi) is 11.9. The van der Waals surface area contributed by atoms with Gasteiger partial charge in [0.15, 0.2) is 0 Å². The summed E-state index contributed by atoms with van der Waals surface area (Å²) in [6.45, 7) is 8.07. The Morgan fingerprint density at radius 2 is 1.62 bits per heavy atom. The number of halogens is 1. The standard InChI is InChI=1S/C32H40FN3O5S/c1-5-8-21-34-32(38)30(6-2)35(22-25-12-10-9-11-24(25)4)31(37)23-36(27-15-17-28(18-16-27)41-7-3)42(39,40)29-19-13-26(33)14-20-29/h9-20,30H,5-8,21-23H2,1-4H3,(H,34,38)/t30-/m1/s1. The number of rotatable bonds is 15. The van der Waals surface area contributed by atoms with E-state index in [4.69, 9.17) is 4.74 Å². The maximum atomic E-state index is 14.1. The summed E-state index contributed by atoms with van der Waals surface area (Å²) >= 11 is 0. The second kappa shape index (κ2) is 15.3. The van der Waals surface area contributed by atoms with Crippen LogP contribution in [0, 0.1) is 12.7 Å². The Balaban J connectivity index is 2.05. The predicted molar refractivity (Wildman–Crippen MR) is 162 cm³/mol. The first kappa shape index (κ1) is 32.6. The SMILES string of the molecule is CCCCNC(=O)[C@@H](CC)N(Cc1ccccc1C)C(=O)CN(c1ccc(OCC)cc1)S(=O)(=O)c1ccc(F)cc1. The molecule has 0 unspecified atom stereocenters. The van der Waals surface area contributed by atoms with Gasteiger partial charge in [0.25, 0.3) is 10.0 Å². The average molecular weight is 598 g/mol. The number of hydrogen-bond donors (Lipinski definition) is 1. The van der Waals surface area contributed by atoms with Crippen LogP contribution in [-0.2, 0) is 26.2 Å². The lowest BCUT2D eigenvalue weighted by Crippen LogP contribution is -2.52. The van der Waals surface area contributed by atoms with Crippen LogP contribution in [0.25, 0.3) is 0 Å². The van der Waals surface area contributed by atoms with Crippen LogP contribution in [0.4, 0.5) is 10.1 Å². The van der Waals surface area contributed by atoms with Crippen LogP contribution in [0.2, 0.25) is 0 Å². The number of amides is 2. The van der Waals surface area contributed by atoms with Gasteiger partial charge in [-0.3, -0.25) is 13.9 Å². The van der Waals surface area contributed by atoms with E-state index in [0.29, 0.717) is 25.3 Å². The number of nitrogens with one attached hydrogen (secondary N) is 1. The molecule has 0 aliphatic heterocycles. The van der Waals surface area contributed by atoms with Crippen LogP contribution in [0.3, 0.4) is 0 Å². The van der Waals surface area contributed by atoms with E-state index in [1.54, 1.807) is 24.3 Å². The fourth-order valence-electron chi connectivity index (χ4n) is 4.53. The van der Waals surface area contributed by atoms with E-state index < -0.39 is 34.3 Å². The first-order valence-electron chi connectivity index (χ1n) is 14.2. The number of anilines is 1. The fraction of sp³-hybridized carbons (Fsp3) is 0.375. The van der Waals surface area contributed by atoms with Crippen molar-refractivity contribution in [1.29, 1.82) is 0 Å². The lowest BCUT2D eigenvalue weighted by molar-refractivity contribution is -0.140. The summed E-state index contributed by atoms with van der Waals surface area (Å²) in [6, 6.07) is 17.5. The van der Waals surface area contributed by atoms with Crippen molar-refractivity contribution < 1.29 is 27.1 Å². The molecule has 0 saturated carbocycles. The predicted octanol–water partition coefficient (Wildman–Crippen LogP) is 5.45. The summed E-state index contributed by atoms with van der Waals surface area (Å²) in [5.41, 5.74) is 2.02. The van der Waals surface area contributed by atoms with Crippen molar-refractivity contribution in [2.75, 3.05) is 24.0 Å². The van der Waals surface area contributed by atoms with Gasteiger partial charge in [0, 0.05) is 13.1 Å². The molecule has 0 bridgehead atoms. The van der Waals surface area contributed by atoms with E-state index in [-0.39, 0.29) is 23.0 Å². The van der Waals surface area contributed by atoms with Gasteiger partial charge in [-0.25, -0.2) is 12.8 Å². The van der Waals surface area contributed by atoms with E-state index in [9.17, 15) is 22.4 Å². The molecule has 0 aromatic heterocycles. The molecule has 8 nitrogen and oxygen atoms in total. The molecule has 1 N–H and O–H groups in total. The van der Waals surface area contributed by atoms with E-state index in [0.717, 1.165) is 52.5 Å². The number of carbonyl (C=O) groups is 2. The molecule has 0 fully saturated rings. The maximum Gasteiger partial charge on any atom is 0.264 e. The molecule has 10 heteroatoms. The normalized spacial score (nSPS) is 11.9. The molecule has 0 radical (unpaired) electrons. The summed E-state index contributed by atoms with van der Waals surface area (Å²) in [4.78, 5) is 28.7. The van der Waals surface area contributed by atoms with E-state index >= 15 is 0 Å².